The van der Waals surface area contributed by atoms with E-state index in [0.29, 0.717) is 18.0 Å². The summed E-state index contributed by atoms with van der Waals surface area (Å²) in [7, 11) is 1.85. The van der Waals surface area contributed by atoms with Crippen molar-refractivity contribution in [2.24, 2.45) is 0 Å². The molecular weight excluding hydrogens is 224 g/mol. The number of carbonyl (C=O) groups excluding carboxylic acids is 1. The molecular formula is C12H15ClN2O. The molecule has 86 valence electrons. The lowest BCUT2D eigenvalue weighted by atomic mass is 10.2. The molecule has 1 aliphatic heterocycles. The Morgan fingerprint density at radius 3 is 3.12 bits per heavy atom. The second-order valence-electron chi connectivity index (χ2n) is 3.92. The highest BCUT2D eigenvalue weighted by molar-refractivity contribution is 6.31. The summed E-state index contributed by atoms with van der Waals surface area (Å²) < 4.78 is 0. The minimum Gasteiger partial charge on any atom is -0.319 e. The summed E-state index contributed by atoms with van der Waals surface area (Å²) in [5, 5.41) is 3.67. The molecule has 1 amide bonds. The maximum Gasteiger partial charge on any atom is 0.228 e. The van der Waals surface area contributed by atoms with Crippen molar-refractivity contribution < 1.29 is 4.79 Å². The summed E-state index contributed by atoms with van der Waals surface area (Å²) >= 11 is 5.95. The highest BCUT2D eigenvalue weighted by atomic mass is 35.5. The van der Waals surface area contributed by atoms with Crippen molar-refractivity contribution in [3.8, 4) is 0 Å². The number of rotatable bonds is 3. The van der Waals surface area contributed by atoms with Crippen LogP contribution in [0.5, 0.6) is 0 Å². The Balaban J connectivity index is 2.16. The predicted octanol–water partition coefficient (Wildman–Crippen LogP) is 1.84. The van der Waals surface area contributed by atoms with Crippen LogP contribution in [-0.2, 0) is 11.2 Å². The van der Waals surface area contributed by atoms with E-state index in [4.69, 9.17) is 11.6 Å². The average molecular weight is 239 g/mol. The summed E-state index contributed by atoms with van der Waals surface area (Å²) in [6, 6.07) is 5.76. The van der Waals surface area contributed by atoms with E-state index in [1.54, 1.807) is 0 Å². The zero-order valence-electron chi connectivity index (χ0n) is 9.29. The number of nitrogens with zero attached hydrogens (tertiary/aromatic N) is 1. The second-order valence-corrected chi connectivity index (χ2v) is 4.36. The number of carbonyl (C=O) groups is 1. The van der Waals surface area contributed by atoms with Gasteiger partial charge in [-0.3, -0.25) is 4.79 Å². The van der Waals surface area contributed by atoms with Crippen LogP contribution < -0.4 is 10.2 Å². The third kappa shape index (κ3) is 2.20. The fraction of sp³-hybridized carbons (Fsp3) is 0.417. The number of amides is 1. The van der Waals surface area contributed by atoms with Crippen LogP contribution in [0.4, 0.5) is 5.69 Å². The summed E-state index contributed by atoms with van der Waals surface area (Å²) in [6.07, 6.45) is 1.46. The van der Waals surface area contributed by atoms with Gasteiger partial charge in [-0.25, -0.2) is 0 Å². The van der Waals surface area contributed by atoms with E-state index >= 15 is 0 Å². The predicted molar refractivity (Wildman–Crippen MR) is 66.1 cm³/mol. The number of nitrogens with one attached hydrogen (secondary N) is 1. The minimum absolute atomic E-state index is 0.162. The number of hydrogen-bond donors (Lipinski definition) is 1. The van der Waals surface area contributed by atoms with E-state index in [9.17, 15) is 4.79 Å². The summed E-state index contributed by atoms with van der Waals surface area (Å²) in [5.74, 6) is 0.162. The van der Waals surface area contributed by atoms with Gasteiger partial charge >= 0.3 is 0 Å². The standard InChI is InChI=1S/C12H15ClN2O/c1-14-6-4-12(16)15-7-5-9-2-3-10(13)8-11(9)15/h2-3,8,14H,4-7H2,1H3. The molecule has 1 aromatic rings. The van der Waals surface area contributed by atoms with Crippen molar-refractivity contribution in [2.75, 3.05) is 25.0 Å². The van der Waals surface area contributed by atoms with Gasteiger partial charge in [0.2, 0.25) is 5.91 Å². The van der Waals surface area contributed by atoms with Gasteiger partial charge in [-0.2, -0.15) is 0 Å². The first kappa shape index (κ1) is 11.4. The Kier molecular flexibility index (Phi) is 3.46. The lowest BCUT2D eigenvalue weighted by Gasteiger charge is -2.17. The van der Waals surface area contributed by atoms with E-state index in [2.05, 4.69) is 5.32 Å². The van der Waals surface area contributed by atoms with Gasteiger partial charge in [-0.15, -0.1) is 0 Å². The molecule has 1 N–H and O–H groups in total. The normalized spacial score (nSPS) is 14.0. The van der Waals surface area contributed by atoms with E-state index in [0.717, 1.165) is 18.7 Å². The van der Waals surface area contributed by atoms with Crippen LogP contribution in [0.15, 0.2) is 18.2 Å². The van der Waals surface area contributed by atoms with Crippen LogP contribution in [0.2, 0.25) is 5.02 Å². The van der Waals surface area contributed by atoms with Crippen LogP contribution in [0.25, 0.3) is 0 Å². The maximum absolute atomic E-state index is 11.9. The largest absolute Gasteiger partial charge is 0.319 e. The first-order chi connectivity index (χ1) is 7.72. The van der Waals surface area contributed by atoms with Gasteiger partial charge in [0, 0.05) is 30.2 Å². The van der Waals surface area contributed by atoms with Crippen LogP contribution in [-0.4, -0.2) is 26.0 Å². The number of anilines is 1. The van der Waals surface area contributed by atoms with Gasteiger partial charge in [-0.05, 0) is 31.2 Å². The highest BCUT2D eigenvalue weighted by Gasteiger charge is 2.23. The molecule has 0 aromatic heterocycles. The quantitative estimate of drug-likeness (QED) is 0.872. The van der Waals surface area contributed by atoms with Crippen molar-refractivity contribution in [2.45, 2.75) is 12.8 Å². The molecule has 0 aliphatic carbocycles. The minimum atomic E-state index is 0.162. The molecule has 0 spiro atoms. The Morgan fingerprint density at radius 1 is 1.56 bits per heavy atom. The van der Waals surface area contributed by atoms with E-state index in [1.807, 2.05) is 30.1 Å². The molecule has 0 unspecified atom stereocenters. The molecule has 4 heteroatoms. The fourth-order valence-electron chi connectivity index (χ4n) is 1.98. The van der Waals surface area contributed by atoms with Crippen LogP contribution in [0.1, 0.15) is 12.0 Å². The van der Waals surface area contributed by atoms with Crippen molar-refractivity contribution in [3.05, 3.63) is 28.8 Å². The van der Waals surface area contributed by atoms with Crippen LogP contribution in [0, 0.1) is 0 Å². The van der Waals surface area contributed by atoms with Gasteiger partial charge in [0.05, 0.1) is 0 Å². The summed E-state index contributed by atoms with van der Waals surface area (Å²) in [6.45, 7) is 1.49. The van der Waals surface area contributed by atoms with Gasteiger partial charge in [0.1, 0.15) is 0 Å². The monoisotopic (exact) mass is 238 g/mol. The second kappa shape index (κ2) is 4.85. The third-order valence-electron chi connectivity index (χ3n) is 2.83. The molecule has 0 bridgehead atoms. The highest BCUT2D eigenvalue weighted by Crippen LogP contribution is 2.30. The molecule has 0 atom stereocenters. The number of hydrogen-bond acceptors (Lipinski definition) is 2. The van der Waals surface area contributed by atoms with Gasteiger partial charge in [-0.1, -0.05) is 17.7 Å². The molecule has 1 aliphatic rings. The molecule has 2 rings (SSSR count). The third-order valence-corrected chi connectivity index (χ3v) is 3.07. The van der Waals surface area contributed by atoms with Gasteiger partial charge < -0.3 is 10.2 Å². The Hall–Kier alpha value is -1.06. The summed E-state index contributed by atoms with van der Waals surface area (Å²) in [4.78, 5) is 13.8. The van der Waals surface area contributed by atoms with Crippen molar-refractivity contribution >= 4 is 23.2 Å². The topological polar surface area (TPSA) is 32.3 Å². The van der Waals surface area contributed by atoms with E-state index < -0.39 is 0 Å². The maximum atomic E-state index is 11.9. The summed E-state index contributed by atoms with van der Waals surface area (Å²) in [5.41, 5.74) is 2.19. The fourth-order valence-corrected chi connectivity index (χ4v) is 2.14. The van der Waals surface area contributed by atoms with E-state index in [-0.39, 0.29) is 5.91 Å². The number of halogens is 1. The van der Waals surface area contributed by atoms with E-state index in [1.165, 1.54) is 5.56 Å². The van der Waals surface area contributed by atoms with Crippen LogP contribution in [0.3, 0.4) is 0 Å². The average Bonchev–Trinajstić information content (AvgIpc) is 2.68. The van der Waals surface area contributed by atoms with Crippen molar-refractivity contribution in [1.82, 2.24) is 5.32 Å². The molecule has 0 fully saturated rings. The lowest BCUT2D eigenvalue weighted by Crippen LogP contribution is -2.31. The molecule has 0 saturated heterocycles. The number of benzene rings is 1. The van der Waals surface area contributed by atoms with Crippen LogP contribution >= 0.6 is 11.6 Å². The number of fused-ring (bicyclic) bond motifs is 1. The first-order valence-electron chi connectivity index (χ1n) is 5.46. The molecule has 1 heterocycles. The lowest BCUT2D eigenvalue weighted by molar-refractivity contribution is -0.118. The molecule has 3 nitrogen and oxygen atoms in total. The molecule has 1 aromatic carbocycles. The van der Waals surface area contributed by atoms with Crippen molar-refractivity contribution in [1.29, 1.82) is 0 Å². The Labute approximate surface area is 100 Å². The smallest absolute Gasteiger partial charge is 0.228 e. The van der Waals surface area contributed by atoms with Gasteiger partial charge in [0.25, 0.3) is 0 Å². The SMILES string of the molecule is CNCCC(=O)N1CCc2ccc(Cl)cc21. The zero-order chi connectivity index (χ0) is 11.5. The Bertz CT molecular complexity index is 406. The van der Waals surface area contributed by atoms with Crippen molar-refractivity contribution in [3.63, 3.8) is 0 Å². The first-order valence-corrected chi connectivity index (χ1v) is 5.83. The molecule has 16 heavy (non-hydrogen) atoms. The zero-order valence-corrected chi connectivity index (χ0v) is 10.0. The van der Waals surface area contributed by atoms with Gasteiger partial charge in [0.15, 0.2) is 0 Å². The Morgan fingerprint density at radius 2 is 2.38 bits per heavy atom. The molecule has 0 saturated carbocycles. The molecule has 0 radical (unpaired) electrons.